The normalized spacial score (nSPS) is 11.0. The summed E-state index contributed by atoms with van der Waals surface area (Å²) in [5.74, 6) is 1.15. The first-order valence-electron chi connectivity index (χ1n) is 7.15. The van der Waals surface area contributed by atoms with E-state index in [4.69, 9.17) is 0 Å². The first-order valence-corrected chi connectivity index (χ1v) is 7.15. The summed E-state index contributed by atoms with van der Waals surface area (Å²) >= 11 is 0. The van der Waals surface area contributed by atoms with Crippen molar-refractivity contribution in [3.8, 4) is 0 Å². The van der Waals surface area contributed by atoms with E-state index in [-0.39, 0.29) is 0 Å². The molecule has 0 aliphatic rings. The third kappa shape index (κ3) is 4.84. The van der Waals surface area contributed by atoms with Crippen molar-refractivity contribution in [2.24, 2.45) is 0 Å². The minimum absolute atomic E-state index is 0.926. The molecule has 0 atom stereocenters. The van der Waals surface area contributed by atoms with Crippen LogP contribution in [0.4, 0.5) is 0 Å². The van der Waals surface area contributed by atoms with Gasteiger partial charge in [0.05, 0.1) is 16.9 Å². The zero-order valence-electron chi connectivity index (χ0n) is 11.7. The largest absolute Gasteiger partial charge is 0.298 e. The summed E-state index contributed by atoms with van der Waals surface area (Å²) in [6, 6.07) is 0. The Balaban J connectivity index is 2.47. The van der Waals surface area contributed by atoms with Gasteiger partial charge < -0.3 is 0 Å². The Morgan fingerprint density at radius 2 is 1.76 bits per heavy atom. The second-order valence-corrected chi connectivity index (χ2v) is 4.58. The van der Waals surface area contributed by atoms with Crippen LogP contribution in [0.25, 0.3) is 0 Å². The van der Waals surface area contributed by atoms with E-state index in [9.17, 15) is 0 Å². The van der Waals surface area contributed by atoms with Crippen molar-refractivity contribution >= 4 is 0 Å². The van der Waals surface area contributed by atoms with Gasteiger partial charge in [-0.2, -0.15) is 0 Å². The molecule has 0 aliphatic heterocycles. The van der Waals surface area contributed by atoms with Gasteiger partial charge in [-0.3, -0.25) is 0 Å². The van der Waals surface area contributed by atoms with E-state index in [2.05, 4.69) is 31.1 Å². The lowest BCUT2D eigenvalue weighted by molar-refractivity contribution is -0.759. The summed E-state index contributed by atoms with van der Waals surface area (Å²) < 4.78 is 2.04. The Kier molecular flexibility index (Phi) is 6.82. The number of aryl methyl sites for hydroxylation is 3. The van der Waals surface area contributed by atoms with E-state index in [1.807, 2.05) is 9.48 Å². The van der Waals surface area contributed by atoms with Gasteiger partial charge in [0.15, 0.2) is 0 Å². The summed E-state index contributed by atoms with van der Waals surface area (Å²) in [4.78, 5) is 1.86. The maximum Gasteiger partial charge on any atom is 0.298 e. The molecule has 0 fully saturated rings. The number of unbranched alkanes of at least 4 members (excludes halogenated alkanes) is 4. The standard InChI is InChI=1S/C13H27N4/c1-4-7-9-10-11-13-14-17(12-8-5-2)15-16(13)6-3/h4-12H2,1-3H3/q+1. The molecule has 0 bridgehead atoms. The first kappa shape index (κ1) is 14.1. The molecule has 0 aliphatic carbocycles. The maximum absolute atomic E-state index is 4.58. The molecule has 0 N–H and O–H groups in total. The zero-order chi connectivity index (χ0) is 12.5. The van der Waals surface area contributed by atoms with Gasteiger partial charge in [-0.05, 0) is 24.6 Å². The van der Waals surface area contributed by atoms with Gasteiger partial charge in [-0.15, -0.1) is 4.68 Å². The Hall–Kier alpha value is -0.930. The van der Waals surface area contributed by atoms with Crippen LogP contribution < -0.4 is 4.68 Å². The number of rotatable bonds is 9. The van der Waals surface area contributed by atoms with E-state index in [0.29, 0.717) is 0 Å². The van der Waals surface area contributed by atoms with Crippen molar-refractivity contribution in [2.75, 3.05) is 0 Å². The highest BCUT2D eigenvalue weighted by Crippen LogP contribution is 2.02. The molecule has 4 heteroatoms. The first-order chi connectivity index (χ1) is 8.31. The molecule has 1 rings (SSSR count). The van der Waals surface area contributed by atoms with Gasteiger partial charge in [0.1, 0.15) is 6.54 Å². The fourth-order valence-electron chi connectivity index (χ4n) is 1.91. The molecule has 0 saturated heterocycles. The molecule has 17 heavy (non-hydrogen) atoms. The van der Waals surface area contributed by atoms with Crippen LogP contribution >= 0.6 is 0 Å². The van der Waals surface area contributed by atoms with Gasteiger partial charge >= 0.3 is 0 Å². The highest BCUT2D eigenvalue weighted by atomic mass is 15.6. The smallest absolute Gasteiger partial charge is 0.137 e. The summed E-state index contributed by atoms with van der Waals surface area (Å²) in [6.07, 6.45) is 8.59. The second kappa shape index (κ2) is 8.20. The molecule has 98 valence electrons. The zero-order valence-corrected chi connectivity index (χ0v) is 11.7. The molecule has 0 aromatic carbocycles. The highest BCUT2D eigenvalue weighted by Gasteiger charge is 2.16. The number of aromatic nitrogens is 4. The molecular weight excluding hydrogens is 212 g/mol. The average Bonchev–Trinajstić information content (AvgIpc) is 2.74. The van der Waals surface area contributed by atoms with Crippen molar-refractivity contribution in [2.45, 2.75) is 78.8 Å². The minimum atomic E-state index is 0.926. The predicted molar refractivity (Wildman–Crippen MR) is 68.6 cm³/mol. The SMILES string of the molecule is CCCCCCc1nn(CCCC)n[n+]1CC. The molecule has 1 heterocycles. The molecule has 0 radical (unpaired) electrons. The van der Waals surface area contributed by atoms with Gasteiger partial charge in [0, 0.05) is 6.42 Å². The fourth-order valence-corrected chi connectivity index (χ4v) is 1.91. The van der Waals surface area contributed by atoms with Crippen LogP contribution in [0.5, 0.6) is 0 Å². The molecule has 0 saturated carbocycles. The van der Waals surface area contributed by atoms with E-state index in [1.54, 1.807) is 0 Å². The molecular formula is C13H27N4+. The molecule has 1 aromatic heterocycles. The van der Waals surface area contributed by atoms with Gasteiger partial charge in [0.25, 0.3) is 5.82 Å². The van der Waals surface area contributed by atoms with Crippen molar-refractivity contribution in [1.29, 1.82) is 0 Å². The highest BCUT2D eigenvalue weighted by molar-refractivity contribution is 4.69. The van der Waals surface area contributed by atoms with E-state index >= 15 is 0 Å². The van der Waals surface area contributed by atoms with Crippen LogP contribution in [-0.4, -0.2) is 15.1 Å². The quantitative estimate of drug-likeness (QED) is 0.490. The van der Waals surface area contributed by atoms with Crippen LogP contribution in [0.3, 0.4) is 0 Å². The maximum atomic E-state index is 4.58. The molecule has 0 amide bonds. The van der Waals surface area contributed by atoms with Gasteiger partial charge in [-0.1, -0.05) is 39.5 Å². The predicted octanol–water partition coefficient (Wildman–Crippen LogP) is 2.51. The van der Waals surface area contributed by atoms with Crippen LogP contribution in [-0.2, 0) is 19.5 Å². The monoisotopic (exact) mass is 239 g/mol. The number of hydrogen-bond donors (Lipinski definition) is 0. The van der Waals surface area contributed by atoms with Gasteiger partial charge in [-0.25, -0.2) is 0 Å². The fraction of sp³-hybridized carbons (Fsp3) is 0.923. The average molecular weight is 239 g/mol. The third-order valence-electron chi connectivity index (χ3n) is 3.01. The molecule has 4 nitrogen and oxygen atoms in total. The minimum Gasteiger partial charge on any atom is -0.137 e. The van der Waals surface area contributed by atoms with Crippen molar-refractivity contribution in [3.63, 3.8) is 0 Å². The lowest BCUT2D eigenvalue weighted by atomic mass is 10.1. The lowest BCUT2D eigenvalue weighted by Gasteiger charge is -1.94. The van der Waals surface area contributed by atoms with Crippen molar-refractivity contribution in [3.05, 3.63) is 5.82 Å². The number of tetrazole rings is 1. The van der Waals surface area contributed by atoms with Gasteiger partial charge in [0.2, 0.25) is 0 Å². The summed E-state index contributed by atoms with van der Waals surface area (Å²) in [7, 11) is 0. The Morgan fingerprint density at radius 3 is 2.41 bits per heavy atom. The number of nitrogens with zero attached hydrogens (tertiary/aromatic N) is 4. The Morgan fingerprint density at radius 1 is 1.00 bits per heavy atom. The van der Waals surface area contributed by atoms with Crippen molar-refractivity contribution in [1.82, 2.24) is 15.1 Å². The topological polar surface area (TPSA) is 34.6 Å². The van der Waals surface area contributed by atoms with Crippen molar-refractivity contribution < 1.29 is 4.68 Å². The van der Waals surface area contributed by atoms with Crippen LogP contribution in [0.15, 0.2) is 0 Å². The Labute approximate surface area is 105 Å². The summed E-state index contributed by atoms with van der Waals surface area (Å²) in [6.45, 7) is 8.45. The third-order valence-corrected chi connectivity index (χ3v) is 3.01. The van der Waals surface area contributed by atoms with E-state index in [0.717, 1.165) is 31.8 Å². The van der Waals surface area contributed by atoms with E-state index in [1.165, 1.54) is 32.1 Å². The molecule has 0 spiro atoms. The summed E-state index contributed by atoms with van der Waals surface area (Å²) in [5.41, 5.74) is 0. The summed E-state index contributed by atoms with van der Waals surface area (Å²) in [5, 5.41) is 9.07. The van der Waals surface area contributed by atoms with Crippen LogP contribution in [0.2, 0.25) is 0 Å². The van der Waals surface area contributed by atoms with Crippen LogP contribution in [0.1, 0.15) is 65.1 Å². The van der Waals surface area contributed by atoms with E-state index < -0.39 is 0 Å². The Bertz CT molecular complexity index is 306. The second-order valence-electron chi connectivity index (χ2n) is 4.58. The number of hydrogen-bond acceptors (Lipinski definition) is 2. The lowest BCUT2D eigenvalue weighted by Crippen LogP contribution is -2.39. The molecule has 1 aromatic rings. The van der Waals surface area contributed by atoms with Crippen LogP contribution in [0, 0.1) is 0 Å². The molecule has 0 unspecified atom stereocenters.